The van der Waals surface area contributed by atoms with Crippen molar-refractivity contribution in [2.45, 2.75) is 37.8 Å². The molecule has 0 saturated carbocycles. The number of benzene rings is 4. The van der Waals surface area contributed by atoms with Crippen molar-refractivity contribution >= 4 is 0 Å². The number of hydrogen-bond donors (Lipinski definition) is 2. The largest absolute Gasteiger partial charge is 0.504 e. The molecule has 49 heavy (non-hydrogen) atoms. The van der Waals surface area contributed by atoms with E-state index >= 15 is 0 Å². The lowest BCUT2D eigenvalue weighted by Crippen LogP contribution is -2.35. The van der Waals surface area contributed by atoms with Gasteiger partial charge in [-0.05, 0) is 110 Å². The van der Waals surface area contributed by atoms with Crippen LogP contribution in [0.5, 0.6) is 51.7 Å². The van der Waals surface area contributed by atoms with Gasteiger partial charge in [0.1, 0.15) is 5.75 Å². The Hall–Kier alpha value is -4.80. The van der Waals surface area contributed by atoms with E-state index in [0.717, 1.165) is 65.7 Å². The van der Waals surface area contributed by atoms with Crippen molar-refractivity contribution in [2.24, 2.45) is 0 Å². The summed E-state index contributed by atoms with van der Waals surface area (Å²) in [4.78, 5) is 4.66. The van der Waals surface area contributed by atoms with Crippen molar-refractivity contribution in [3.63, 3.8) is 0 Å². The molecule has 0 amide bonds. The number of methoxy groups -OCH3 is 5. The average molecular weight is 669 g/mol. The topological polar surface area (TPSA) is 102 Å². The fraction of sp³-hybridized carbons (Fsp3) is 0.385. The number of phenolic OH excluding ortho intramolecular Hbond substituents is 2. The second-order valence-electron chi connectivity index (χ2n) is 13.1. The maximum atomic E-state index is 11.5. The molecule has 10 heteroatoms. The molecule has 2 aliphatic heterocycles. The molecule has 0 bridgehead atoms. The second kappa shape index (κ2) is 12.9. The van der Waals surface area contributed by atoms with E-state index in [1.165, 1.54) is 18.2 Å². The fourth-order valence-corrected chi connectivity index (χ4v) is 7.87. The highest BCUT2D eigenvalue weighted by atomic mass is 16.5. The number of likely N-dealkylation sites (N-methyl/N-ethyl adjacent to an activating group) is 2. The van der Waals surface area contributed by atoms with Crippen LogP contribution >= 0.6 is 0 Å². The maximum absolute atomic E-state index is 11.5. The predicted octanol–water partition coefficient (Wildman–Crippen LogP) is 6.46. The molecule has 0 fully saturated rings. The first-order chi connectivity index (χ1) is 23.7. The molecule has 0 aromatic heterocycles. The lowest BCUT2D eigenvalue weighted by molar-refractivity contribution is 0.226. The van der Waals surface area contributed by atoms with Crippen LogP contribution in [0.3, 0.4) is 0 Å². The SMILES string of the molecule is COc1cc(Oc2cc3c(cc2OC)-c2c(O)c(OC)cc4c2[C@H](C3)N(C)CC4)c(C[C@@H]2c3cc(OC)c(OC)cc3CCN2C)cc1O. The third-order valence-corrected chi connectivity index (χ3v) is 10.5. The first-order valence-corrected chi connectivity index (χ1v) is 16.6. The van der Waals surface area contributed by atoms with E-state index in [-0.39, 0.29) is 23.6 Å². The lowest BCUT2D eigenvalue weighted by atomic mass is 9.76. The Kier molecular flexibility index (Phi) is 8.62. The summed E-state index contributed by atoms with van der Waals surface area (Å²) < 4.78 is 35.1. The summed E-state index contributed by atoms with van der Waals surface area (Å²) in [5, 5.41) is 22.4. The molecule has 0 saturated heterocycles. The number of phenols is 2. The van der Waals surface area contributed by atoms with Gasteiger partial charge in [-0.15, -0.1) is 0 Å². The molecule has 0 radical (unpaired) electrons. The van der Waals surface area contributed by atoms with E-state index < -0.39 is 0 Å². The molecule has 2 N–H and O–H groups in total. The summed E-state index contributed by atoms with van der Waals surface area (Å²) in [5.74, 6) is 3.93. The summed E-state index contributed by atoms with van der Waals surface area (Å²) in [5.41, 5.74) is 8.22. The van der Waals surface area contributed by atoms with Crippen molar-refractivity contribution in [1.82, 2.24) is 9.80 Å². The Morgan fingerprint density at radius 2 is 1.24 bits per heavy atom. The third-order valence-electron chi connectivity index (χ3n) is 10.5. The number of aromatic hydroxyl groups is 2. The molecule has 10 nitrogen and oxygen atoms in total. The zero-order chi connectivity index (χ0) is 34.6. The second-order valence-corrected chi connectivity index (χ2v) is 13.1. The minimum Gasteiger partial charge on any atom is -0.504 e. The highest BCUT2D eigenvalue weighted by Crippen LogP contribution is 2.54. The van der Waals surface area contributed by atoms with Crippen molar-refractivity contribution in [3.8, 4) is 62.9 Å². The van der Waals surface area contributed by atoms with Gasteiger partial charge in [-0.2, -0.15) is 0 Å². The Bertz CT molecular complexity index is 1920. The molecular weight excluding hydrogens is 624 g/mol. The molecule has 0 unspecified atom stereocenters. The molecule has 2 atom stereocenters. The number of ether oxygens (including phenoxy) is 6. The average Bonchev–Trinajstić information content (AvgIpc) is 3.11. The van der Waals surface area contributed by atoms with Crippen LogP contribution in [0.4, 0.5) is 0 Å². The summed E-state index contributed by atoms with van der Waals surface area (Å²) in [6, 6.07) is 13.6. The zero-order valence-corrected chi connectivity index (χ0v) is 29.2. The van der Waals surface area contributed by atoms with Gasteiger partial charge >= 0.3 is 0 Å². The van der Waals surface area contributed by atoms with E-state index in [0.29, 0.717) is 46.7 Å². The van der Waals surface area contributed by atoms with Gasteiger partial charge in [0.25, 0.3) is 0 Å². The van der Waals surface area contributed by atoms with Crippen molar-refractivity contribution in [1.29, 1.82) is 0 Å². The number of fused-ring (bicyclic) bond motifs is 3. The van der Waals surface area contributed by atoms with Crippen LogP contribution in [0.25, 0.3) is 11.1 Å². The predicted molar refractivity (Wildman–Crippen MR) is 186 cm³/mol. The van der Waals surface area contributed by atoms with Crippen LogP contribution in [0.2, 0.25) is 0 Å². The third kappa shape index (κ3) is 5.53. The molecule has 3 aliphatic rings. The summed E-state index contributed by atoms with van der Waals surface area (Å²) in [6.07, 6.45) is 3.06. The Labute approximate surface area is 287 Å². The van der Waals surface area contributed by atoms with E-state index in [9.17, 15) is 10.2 Å². The standard InChI is InChI=1S/C39H44N2O8/c1-40-10-8-21-15-32(45-4)33(46-5)18-25(21)27(40)13-24-14-29(42)31(44-3)20-30(24)49-35-17-23-12-28-37-22(9-11-41(28)2)16-36(48-7)39(43)38(37)26(23)19-34(35)47-6/h14-20,27-28,42-43H,8-13H2,1-7H3/t27-,28+/m1/s1. The molecule has 7 rings (SSSR count). The van der Waals surface area contributed by atoms with Gasteiger partial charge in [0.05, 0.1) is 35.5 Å². The van der Waals surface area contributed by atoms with Gasteiger partial charge in [0.2, 0.25) is 0 Å². The van der Waals surface area contributed by atoms with Gasteiger partial charge in [-0.3, -0.25) is 9.80 Å². The normalized spacial score (nSPS) is 18.2. The van der Waals surface area contributed by atoms with E-state index in [1.54, 1.807) is 40.6 Å². The fourth-order valence-electron chi connectivity index (χ4n) is 7.87. The Morgan fingerprint density at radius 3 is 1.96 bits per heavy atom. The molecular formula is C39H44N2O8. The molecule has 2 heterocycles. The smallest absolute Gasteiger partial charge is 0.169 e. The summed E-state index contributed by atoms with van der Waals surface area (Å²) in [7, 11) is 12.3. The molecule has 258 valence electrons. The van der Waals surface area contributed by atoms with Gasteiger partial charge in [-0.1, -0.05) is 0 Å². The van der Waals surface area contributed by atoms with Crippen molar-refractivity contribution in [3.05, 3.63) is 75.8 Å². The quantitative estimate of drug-likeness (QED) is 0.207. The minimum atomic E-state index is -0.0189. The lowest BCUT2D eigenvalue weighted by Gasteiger charge is -2.40. The van der Waals surface area contributed by atoms with Crippen LogP contribution in [0.15, 0.2) is 42.5 Å². The van der Waals surface area contributed by atoms with E-state index in [4.69, 9.17) is 28.4 Å². The van der Waals surface area contributed by atoms with Crippen molar-refractivity contribution in [2.75, 3.05) is 62.7 Å². The first-order valence-electron chi connectivity index (χ1n) is 16.6. The monoisotopic (exact) mass is 668 g/mol. The number of rotatable bonds is 9. The van der Waals surface area contributed by atoms with Gasteiger partial charge in [0, 0.05) is 42.4 Å². The van der Waals surface area contributed by atoms with Gasteiger partial charge in [0.15, 0.2) is 46.0 Å². The van der Waals surface area contributed by atoms with Crippen LogP contribution in [0, 0.1) is 0 Å². The molecule has 4 aromatic carbocycles. The summed E-state index contributed by atoms with van der Waals surface area (Å²) >= 11 is 0. The molecule has 4 aromatic rings. The zero-order valence-electron chi connectivity index (χ0n) is 29.2. The van der Waals surface area contributed by atoms with Crippen LogP contribution < -0.4 is 28.4 Å². The Balaban J connectivity index is 1.32. The van der Waals surface area contributed by atoms with E-state index in [1.807, 2.05) is 18.2 Å². The highest BCUT2D eigenvalue weighted by Gasteiger charge is 2.37. The van der Waals surface area contributed by atoms with Gasteiger partial charge < -0.3 is 38.6 Å². The van der Waals surface area contributed by atoms with Crippen LogP contribution in [0.1, 0.15) is 45.5 Å². The summed E-state index contributed by atoms with van der Waals surface area (Å²) in [6.45, 7) is 1.77. The van der Waals surface area contributed by atoms with E-state index in [2.05, 4.69) is 36.0 Å². The number of nitrogens with zero attached hydrogens (tertiary/aromatic N) is 2. The molecule has 0 spiro atoms. The minimum absolute atomic E-state index is 0.0189. The highest BCUT2D eigenvalue weighted by molar-refractivity contribution is 5.84. The molecule has 1 aliphatic carbocycles. The first kappa shape index (κ1) is 32.7. The number of hydrogen-bond acceptors (Lipinski definition) is 10. The van der Waals surface area contributed by atoms with Gasteiger partial charge in [-0.25, -0.2) is 0 Å². The van der Waals surface area contributed by atoms with Crippen LogP contribution in [-0.4, -0.2) is 82.7 Å². The van der Waals surface area contributed by atoms with Crippen molar-refractivity contribution < 1.29 is 38.6 Å². The maximum Gasteiger partial charge on any atom is 0.169 e. The Morgan fingerprint density at radius 1 is 0.633 bits per heavy atom. The van der Waals surface area contributed by atoms with Crippen LogP contribution in [-0.2, 0) is 25.7 Å².